The van der Waals surface area contributed by atoms with Crippen LogP contribution in [0.4, 0.5) is 5.13 Å². The lowest BCUT2D eigenvalue weighted by Gasteiger charge is -2.18. The van der Waals surface area contributed by atoms with E-state index >= 15 is 0 Å². The highest BCUT2D eigenvalue weighted by atomic mass is 32.1. The number of nitrogens with one attached hydrogen (secondary N) is 1. The highest BCUT2D eigenvalue weighted by Crippen LogP contribution is 2.27. The lowest BCUT2D eigenvalue weighted by molar-refractivity contribution is 0.102. The Kier molecular flexibility index (Phi) is 4.02. The van der Waals surface area contributed by atoms with Gasteiger partial charge in [-0.05, 0) is 23.1 Å². The van der Waals surface area contributed by atoms with Crippen LogP contribution in [-0.2, 0) is 23.2 Å². The second-order valence-electron chi connectivity index (χ2n) is 6.47. The molecule has 2 aromatic rings. The molecule has 0 bridgehead atoms. The van der Waals surface area contributed by atoms with Crippen LogP contribution >= 0.6 is 11.3 Å². The first-order chi connectivity index (χ1) is 10.4. The molecular weight excluding hydrogens is 296 g/mol. The maximum Gasteiger partial charge on any atom is 0.257 e. The van der Waals surface area contributed by atoms with Gasteiger partial charge in [0, 0.05) is 12.0 Å². The Bertz CT molecular complexity index is 660. The van der Waals surface area contributed by atoms with Crippen LogP contribution in [0.1, 0.15) is 47.3 Å². The molecule has 0 unspecified atom stereocenters. The normalized spacial score (nSPS) is 14.5. The molecule has 116 valence electrons. The number of hydrogen-bond acceptors (Lipinski definition) is 4. The molecule has 0 atom stereocenters. The van der Waals surface area contributed by atoms with E-state index in [1.807, 2.05) is 24.3 Å². The molecule has 1 aliphatic rings. The SMILES string of the molecule is CC(C)(C)c1ccc(C(=O)Nc2nc3c(s2)COCC3)cc1. The zero-order valence-corrected chi connectivity index (χ0v) is 13.9. The average molecular weight is 316 g/mol. The number of carbonyl (C=O) groups is 1. The van der Waals surface area contributed by atoms with E-state index in [1.165, 1.54) is 16.9 Å². The fourth-order valence-corrected chi connectivity index (χ4v) is 3.31. The minimum atomic E-state index is -0.118. The van der Waals surface area contributed by atoms with Crippen LogP contribution in [-0.4, -0.2) is 17.5 Å². The third-order valence-corrected chi connectivity index (χ3v) is 4.71. The summed E-state index contributed by atoms with van der Waals surface area (Å²) in [6.07, 6.45) is 0.821. The molecular formula is C17H20N2O2S. The van der Waals surface area contributed by atoms with Crippen LogP contribution in [0.25, 0.3) is 0 Å². The third kappa shape index (κ3) is 3.20. The largest absolute Gasteiger partial charge is 0.375 e. The molecule has 0 fully saturated rings. The Labute approximate surface area is 134 Å². The Balaban J connectivity index is 1.73. The molecule has 0 spiro atoms. The number of nitrogens with zero attached hydrogens (tertiary/aromatic N) is 1. The Morgan fingerprint density at radius 3 is 2.64 bits per heavy atom. The number of hydrogen-bond donors (Lipinski definition) is 1. The van der Waals surface area contributed by atoms with Crippen molar-refractivity contribution < 1.29 is 9.53 Å². The highest BCUT2D eigenvalue weighted by molar-refractivity contribution is 7.15. The van der Waals surface area contributed by atoms with Crippen LogP contribution in [0.3, 0.4) is 0 Å². The minimum Gasteiger partial charge on any atom is -0.375 e. The van der Waals surface area contributed by atoms with Gasteiger partial charge in [-0.3, -0.25) is 10.1 Å². The second kappa shape index (κ2) is 5.82. The predicted octanol–water partition coefficient (Wildman–Crippen LogP) is 3.77. The third-order valence-electron chi connectivity index (χ3n) is 3.73. The van der Waals surface area contributed by atoms with Gasteiger partial charge in [0.2, 0.25) is 0 Å². The summed E-state index contributed by atoms with van der Waals surface area (Å²) in [4.78, 5) is 17.9. The van der Waals surface area contributed by atoms with Gasteiger partial charge in [0.05, 0.1) is 23.8 Å². The summed E-state index contributed by atoms with van der Waals surface area (Å²) in [6.45, 7) is 7.78. The van der Waals surface area contributed by atoms with Crippen LogP contribution in [0.5, 0.6) is 0 Å². The number of benzene rings is 1. The molecule has 1 aliphatic heterocycles. The van der Waals surface area contributed by atoms with Crippen molar-refractivity contribution >= 4 is 22.4 Å². The zero-order valence-electron chi connectivity index (χ0n) is 13.1. The number of ether oxygens (including phenoxy) is 1. The lowest BCUT2D eigenvalue weighted by Crippen LogP contribution is -2.14. The first-order valence-corrected chi connectivity index (χ1v) is 8.23. The first kappa shape index (κ1) is 15.2. The Morgan fingerprint density at radius 1 is 1.27 bits per heavy atom. The summed E-state index contributed by atoms with van der Waals surface area (Å²) in [5.41, 5.74) is 3.00. The van der Waals surface area contributed by atoms with Crippen molar-refractivity contribution in [2.45, 2.75) is 39.2 Å². The summed E-state index contributed by atoms with van der Waals surface area (Å²) >= 11 is 1.50. The van der Waals surface area contributed by atoms with Crippen LogP contribution in [0.2, 0.25) is 0 Å². The average Bonchev–Trinajstić information content (AvgIpc) is 2.88. The topological polar surface area (TPSA) is 51.2 Å². The summed E-state index contributed by atoms with van der Waals surface area (Å²) in [7, 11) is 0. The number of amides is 1. The lowest BCUT2D eigenvalue weighted by atomic mass is 9.87. The number of aromatic nitrogens is 1. The van der Waals surface area contributed by atoms with E-state index in [1.54, 1.807) is 0 Å². The van der Waals surface area contributed by atoms with Crippen molar-refractivity contribution in [2.75, 3.05) is 11.9 Å². The molecule has 0 radical (unpaired) electrons. The number of thiazole rings is 1. The van der Waals surface area contributed by atoms with Crippen LogP contribution in [0, 0.1) is 0 Å². The molecule has 0 saturated heterocycles. The van der Waals surface area contributed by atoms with Crippen LogP contribution < -0.4 is 5.32 Å². The molecule has 3 rings (SSSR count). The van der Waals surface area contributed by atoms with Gasteiger partial charge in [-0.2, -0.15) is 0 Å². The first-order valence-electron chi connectivity index (χ1n) is 7.42. The fraction of sp³-hybridized carbons (Fsp3) is 0.412. The standard InChI is InChI=1S/C17H20N2O2S/c1-17(2,3)12-6-4-11(5-7-12)15(20)19-16-18-13-8-9-21-10-14(13)22-16/h4-7H,8-10H2,1-3H3,(H,18,19,20). The van der Waals surface area contributed by atoms with Gasteiger partial charge < -0.3 is 4.74 Å². The molecule has 2 heterocycles. The zero-order chi connectivity index (χ0) is 15.7. The van der Waals surface area contributed by atoms with Crippen molar-refractivity contribution in [1.29, 1.82) is 0 Å². The minimum absolute atomic E-state index is 0.0867. The van der Waals surface area contributed by atoms with Crippen molar-refractivity contribution in [3.63, 3.8) is 0 Å². The summed E-state index contributed by atoms with van der Waals surface area (Å²) in [6, 6.07) is 7.75. The van der Waals surface area contributed by atoms with Gasteiger partial charge in [-0.15, -0.1) is 0 Å². The second-order valence-corrected chi connectivity index (χ2v) is 7.56. The van der Waals surface area contributed by atoms with Gasteiger partial charge in [-0.1, -0.05) is 44.2 Å². The quantitative estimate of drug-likeness (QED) is 0.917. The van der Waals surface area contributed by atoms with E-state index in [0.29, 0.717) is 23.9 Å². The molecule has 0 saturated carbocycles. The maximum absolute atomic E-state index is 12.3. The molecule has 1 N–H and O–H groups in total. The molecule has 1 aromatic carbocycles. The summed E-state index contributed by atoms with van der Waals surface area (Å²) in [5, 5.41) is 3.54. The van der Waals surface area contributed by atoms with Gasteiger partial charge in [-0.25, -0.2) is 4.98 Å². The van der Waals surface area contributed by atoms with E-state index in [2.05, 4.69) is 31.1 Å². The van der Waals surface area contributed by atoms with Gasteiger partial charge in [0.15, 0.2) is 5.13 Å². The maximum atomic E-state index is 12.3. The molecule has 22 heavy (non-hydrogen) atoms. The van der Waals surface area contributed by atoms with Crippen molar-refractivity contribution in [1.82, 2.24) is 4.98 Å². The monoisotopic (exact) mass is 316 g/mol. The summed E-state index contributed by atoms with van der Waals surface area (Å²) < 4.78 is 5.40. The molecule has 5 heteroatoms. The summed E-state index contributed by atoms with van der Waals surface area (Å²) in [5.74, 6) is -0.118. The van der Waals surface area contributed by atoms with Gasteiger partial charge in [0.1, 0.15) is 0 Å². The van der Waals surface area contributed by atoms with Gasteiger partial charge in [0.25, 0.3) is 5.91 Å². The van der Waals surface area contributed by atoms with E-state index in [4.69, 9.17) is 4.74 Å². The smallest absolute Gasteiger partial charge is 0.257 e. The van der Waals surface area contributed by atoms with E-state index in [0.717, 1.165) is 17.0 Å². The highest BCUT2D eigenvalue weighted by Gasteiger charge is 2.18. The van der Waals surface area contributed by atoms with E-state index < -0.39 is 0 Å². The number of carbonyl (C=O) groups excluding carboxylic acids is 1. The molecule has 0 aliphatic carbocycles. The predicted molar refractivity (Wildman–Crippen MR) is 88.6 cm³/mol. The number of fused-ring (bicyclic) bond motifs is 1. The molecule has 4 nitrogen and oxygen atoms in total. The van der Waals surface area contributed by atoms with Crippen molar-refractivity contribution in [3.8, 4) is 0 Å². The van der Waals surface area contributed by atoms with Crippen molar-refractivity contribution in [2.24, 2.45) is 0 Å². The van der Waals surface area contributed by atoms with Gasteiger partial charge >= 0.3 is 0 Å². The number of rotatable bonds is 2. The Morgan fingerprint density at radius 2 is 2.00 bits per heavy atom. The van der Waals surface area contributed by atoms with E-state index in [-0.39, 0.29) is 11.3 Å². The fourth-order valence-electron chi connectivity index (χ4n) is 2.37. The van der Waals surface area contributed by atoms with Crippen LogP contribution in [0.15, 0.2) is 24.3 Å². The van der Waals surface area contributed by atoms with Crippen molar-refractivity contribution in [3.05, 3.63) is 46.0 Å². The molecule has 1 aromatic heterocycles. The van der Waals surface area contributed by atoms with E-state index in [9.17, 15) is 4.79 Å². The molecule has 1 amide bonds. The number of anilines is 1. The Hall–Kier alpha value is -1.72.